The lowest BCUT2D eigenvalue weighted by atomic mass is 9.82. The van der Waals surface area contributed by atoms with Crippen LogP contribution in [-0.4, -0.2) is 31.8 Å². The Labute approximate surface area is 202 Å². The lowest BCUT2D eigenvalue weighted by Gasteiger charge is -2.43. The number of nitrogens with zero attached hydrogens (tertiary/aromatic N) is 1. The molecule has 1 aromatic carbocycles. The molecule has 0 spiro atoms. The van der Waals surface area contributed by atoms with Gasteiger partial charge in [0.15, 0.2) is 0 Å². The molecule has 0 radical (unpaired) electrons. The Morgan fingerprint density at radius 3 is 2.47 bits per heavy atom. The van der Waals surface area contributed by atoms with Crippen LogP contribution in [0, 0.1) is 11.8 Å². The molecule has 3 aliphatic rings. The second kappa shape index (κ2) is 11.3. The van der Waals surface area contributed by atoms with Crippen LogP contribution in [0.5, 0.6) is 0 Å². The number of aliphatic hydroxyl groups excluding tert-OH is 1. The Morgan fingerprint density at radius 1 is 1.03 bits per heavy atom. The summed E-state index contributed by atoms with van der Waals surface area (Å²) in [7, 11) is 1.69. The molecule has 1 N–H and O–H groups in total. The standard InChI is InChI=1S/C28H39NOS2/c1-4-6-13-23(10-5-2)29-25-18-26(21-11-8-7-9-12-21)31-19-24(25)28(30)32-27(29)22-16-14-20(3)15-17-22/h7-9,11-12,18,20,22-23,30H,4-6,10,13-17,19H2,1-3H3. The molecule has 2 aliphatic heterocycles. The fourth-order valence-electron chi connectivity index (χ4n) is 5.30. The van der Waals surface area contributed by atoms with Gasteiger partial charge in [-0.2, -0.15) is 0 Å². The van der Waals surface area contributed by atoms with Crippen molar-refractivity contribution < 1.29 is 5.11 Å². The van der Waals surface area contributed by atoms with Gasteiger partial charge in [-0.3, -0.25) is 0 Å². The number of allylic oxidation sites excluding steroid dienone is 1. The molecule has 174 valence electrons. The van der Waals surface area contributed by atoms with Gasteiger partial charge in [-0.25, -0.2) is 0 Å². The highest BCUT2D eigenvalue weighted by atomic mass is 32.2. The first-order valence-corrected chi connectivity index (χ1v) is 14.5. The van der Waals surface area contributed by atoms with Crippen LogP contribution in [0.15, 0.2) is 47.7 Å². The van der Waals surface area contributed by atoms with Gasteiger partial charge in [0.25, 0.3) is 0 Å². The highest BCUT2D eigenvalue weighted by molar-refractivity contribution is 8.08. The summed E-state index contributed by atoms with van der Waals surface area (Å²) < 4.78 is 0. The molecule has 0 bridgehead atoms. The van der Waals surface area contributed by atoms with E-state index in [4.69, 9.17) is 0 Å². The van der Waals surface area contributed by atoms with Crippen LogP contribution >= 0.6 is 22.7 Å². The third kappa shape index (κ3) is 5.29. The van der Waals surface area contributed by atoms with Crippen molar-refractivity contribution in [3.63, 3.8) is 0 Å². The zero-order valence-corrected chi connectivity index (χ0v) is 21.6. The highest BCUT2D eigenvalue weighted by Crippen LogP contribution is 2.42. The molecule has 32 heavy (non-hydrogen) atoms. The first-order valence-electron chi connectivity index (χ1n) is 12.7. The normalized spacial score (nSPS) is 24.8. The Bertz CT molecular complexity index is 918. The van der Waals surface area contributed by atoms with Crippen molar-refractivity contribution in [2.45, 2.75) is 84.6 Å². The highest BCUT2D eigenvalue weighted by Gasteiger charge is 2.35. The maximum atomic E-state index is 11.2. The number of thioether (sulfide) groups is 1. The van der Waals surface area contributed by atoms with E-state index in [0.717, 1.165) is 17.2 Å². The van der Waals surface area contributed by atoms with Crippen molar-refractivity contribution in [2.75, 3.05) is 5.75 Å². The minimum Gasteiger partial charge on any atom is -0.351 e. The van der Waals surface area contributed by atoms with Crippen LogP contribution in [0.2, 0.25) is 0 Å². The van der Waals surface area contributed by atoms with Crippen LogP contribution in [0.3, 0.4) is 0 Å². The molecule has 1 atom stereocenters. The van der Waals surface area contributed by atoms with E-state index in [-0.39, 0.29) is 0 Å². The second-order valence-corrected chi connectivity index (χ2v) is 11.7. The first-order chi connectivity index (χ1) is 15.6. The third-order valence-corrected chi connectivity index (χ3v) is 9.48. The van der Waals surface area contributed by atoms with E-state index in [1.807, 2.05) is 11.8 Å². The van der Waals surface area contributed by atoms with Crippen molar-refractivity contribution in [3.05, 3.63) is 53.2 Å². The number of rotatable bonds is 8. The van der Waals surface area contributed by atoms with Crippen molar-refractivity contribution in [1.29, 1.82) is 0 Å². The van der Waals surface area contributed by atoms with E-state index in [9.17, 15) is 5.11 Å². The van der Waals surface area contributed by atoms with Crippen molar-refractivity contribution in [3.8, 4) is 0 Å². The van der Waals surface area contributed by atoms with E-state index >= 15 is 0 Å². The molecule has 2 nitrogen and oxygen atoms in total. The van der Waals surface area contributed by atoms with Crippen LogP contribution in [0.4, 0.5) is 0 Å². The molecule has 1 aliphatic carbocycles. The number of unbranched alkanes of at least 4 members (excludes halogenated alkanes) is 1. The Kier molecular flexibility index (Phi) is 8.42. The molecule has 0 saturated heterocycles. The molecule has 1 saturated carbocycles. The van der Waals surface area contributed by atoms with Gasteiger partial charge in [0.2, 0.25) is 0 Å². The minimum atomic E-state index is 0.524. The van der Waals surface area contributed by atoms with Gasteiger partial charge in [0.1, 0.15) is 5.05 Å². The summed E-state index contributed by atoms with van der Waals surface area (Å²) in [4.78, 5) is 5.47. The summed E-state index contributed by atoms with van der Waals surface area (Å²) in [6.07, 6.45) is 13.7. The molecule has 2 heterocycles. The Morgan fingerprint density at radius 2 is 1.78 bits per heavy atom. The van der Waals surface area contributed by atoms with Crippen LogP contribution in [0.1, 0.15) is 84.1 Å². The maximum Gasteiger partial charge on any atom is 0.133 e. The average molecular weight is 470 g/mol. The molecule has 1 fully saturated rings. The van der Waals surface area contributed by atoms with Crippen LogP contribution < -0.4 is 0 Å². The summed E-state index contributed by atoms with van der Waals surface area (Å²) in [6.45, 7) is 7.01. The Hall–Kier alpha value is -1.23. The van der Waals surface area contributed by atoms with Crippen molar-refractivity contribution in [1.82, 2.24) is 4.90 Å². The molecule has 4 heteroatoms. The summed E-state index contributed by atoms with van der Waals surface area (Å²) in [5.41, 5.74) is 3.71. The van der Waals surface area contributed by atoms with Crippen molar-refractivity contribution in [2.24, 2.45) is 11.8 Å². The molecule has 0 amide bonds. The summed E-state index contributed by atoms with van der Waals surface area (Å²) in [5.74, 6) is 2.27. The minimum absolute atomic E-state index is 0.524. The number of benzene rings is 1. The molecule has 1 unspecified atom stereocenters. The van der Waals surface area contributed by atoms with Gasteiger partial charge in [-0.15, -0.1) is 11.8 Å². The second-order valence-electron chi connectivity index (χ2n) is 9.68. The van der Waals surface area contributed by atoms with Gasteiger partial charge >= 0.3 is 0 Å². The Balaban J connectivity index is 1.77. The molecular formula is C28H39NOS2. The van der Waals surface area contributed by atoms with E-state index in [0.29, 0.717) is 17.0 Å². The summed E-state index contributed by atoms with van der Waals surface area (Å²) in [5, 5.41) is 11.7. The van der Waals surface area contributed by atoms with E-state index in [1.165, 1.54) is 78.9 Å². The number of aliphatic hydroxyl groups is 1. The summed E-state index contributed by atoms with van der Waals surface area (Å²) >= 11 is 1.86. The first kappa shape index (κ1) is 23.9. The van der Waals surface area contributed by atoms with E-state index < -0.39 is 0 Å². The van der Waals surface area contributed by atoms with Gasteiger partial charge in [-0.1, -0.05) is 94.1 Å². The SMILES string of the molecule is CCCCC(CCC)N1C(C2CCC(C)CC2)=S=C(O)C2=C1C=C(c1ccccc1)SC2. The predicted molar refractivity (Wildman–Crippen MR) is 145 cm³/mol. The van der Waals surface area contributed by atoms with Gasteiger partial charge in [0.05, 0.1) is 10.7 Å². The zero-order chi connectivity index (χ0) is 22.5. The number of hydrogen-bond acceptors (Lipinski definition) is 2. The molecule has 1 aromatic rings. The maximum absolute atomic E-state index is 11.2. The smallest absolute Gasteiger partial charge is 0.133 e. The number of hydrogen-bond donors (Lipinski definition) is 1. The zero-order valence-electron chi connectivity index (χ0n) is 20.0. The topological polar surface area (TPSA) is 23.5 Å². The van der Waals surface area contributed by atoms with Crippen LogP contribution in [0.25, 0.3) is 4.91 Å². The summed E-state index contributed by atoms with van der Waals surface area (Å²) in [6, 6.07) is 11.3. The largest absolute Gasteiger partial charge is 0.351 e. The fraction of sp³-hybridized carbons (Fsp3) is 0.571. The monoisotopic (exact) mass is 469 g/mol. The van der Waals surface area contributed by atoms with E-state index in [1.54, 1.807) is 10.9 Å². The molecular weight excluding hydrogens is 430 g/mol. The fourth-order valence-corrected chi connectivity index (χ4v) is 7.72. The van der Waals surface area contributed by atoms with Gasteiger partial charge < -0.3 is 10.0 Å². The van der Waals surface area contributed by atoms with Crippen LogP contribution in [-0.2, 0) is 0 Å². The predicted octanol–water partition coefficient (Wildman–Crippen LogP) is 8.08. The van der Waals surface area contributed by atoms with Gasteiger partial charge in [0, 0.05) is 28.2 Å². The van der Waals surface area contributed by atoms with E-state index in [2.05, 4.69) is 62.1 Å². The average Bonchev–Trinajstić information content (AvgIpc) is 2.83. The lowest BCUT2D eigenvalue weighted by Crippen LogP contribution is -2.45. The van der Waals surface area contributed by atoms with Gasteiger partial charge in [-0.05, 0) is 43.2 Å². The van der Waals surface area contributed by atoms with Crippen molar-refractivity contribution >= 4 is 37.6 Å². The third-order valence-electron chi connectivity index (χ3n) is 7.21. The molecule has 4 rings (SSSR count). The quantitative estimate of drug-likeness (QED) is 0.389. The lowest BCUT2D eigenvalue weighted by molar-refractivity contribution is 0.289. The molecule has 0 aromatic heterocycles.